The van der Waals surface area contributed by atoms with Crippen LogP contribution in [0.2, 0.25) is 0 Å². The van der Waals surface area contributed by atoms with Gasteiger partial charge in [-0.1, -0.05) is 0 Å². The fourth-order valence-corrected chi connectivity index (χ4v) is 0.618. The molecule has 12 heavy (non-hydrogen) atoms. The first-order valence-electron chi connectivity index (χ1n) is 3.33. The normalized spacial score (nSPS) is 21.1. The molecule has 6 heteroatoms. The Morgan fingerprint density at radius 1 is 1.33 bits per heavy atom. The van der Waals surface area contributed by atoms with Crippen molar-refractivity contribution in [1.29, 1.82) is 0 Å². The average molecular weight is 182 g/mol. The molecule has 5 N–H and O–H groups in total. The van der Waals surface area contributed by atoms with Crippen LogP contribution in [0.4, 0.5) is 0 Å². The van der Waals surface area contributed by atoms with Crippen LogP contribution >= 0.6 is 0 Å². The fourth-order valence-electron chi connectivity index (χ4n) is 0.618. The standard InChI is InChI=1S/C6H12O6/c7-1-3(9)5(11)6(12)4(10)2-8/h1,3-6,8-12H,2H2/t3-,4+,5+,6+/m0/s1/i3+2. The van der Waals surface area contributed by atoms with Crippen molar-refractivity contribution in [2.24, 2.45) is 0 Å². The number of carbonyl (C=O) groups excluding carboxylic acids is 1. The van der Waals surface area contributed by atoms with E-state index in [0.29, 0.717) is 0 Å². The van der Waals surface area contributed by atoms with E-state index in [-0.39, 0.29) is 6.29 Å². The molecule has 72 valence electrons. The molecule has 0 amide bonds. The lowest BCUT2D eigenvalue weighted by atomic mass is 10.2. The molecular formula is C6H12O6. The summed E-state index contributed by atoms with van der Waals surface area (Å²) in [7, 11) is 0. The van der Waals surface area contributed by atoms with Crippen LogP contribution in [0.5, 0.6) is 0 Å². The summed E-state index contributed by atoms with van der Waals surface area (Å²) in [5.74, 6) is 0. The summed E-state index contributed by atoms with van der Waals surface area (Å²) in [6.45, 7) is -0.760. The molecule has 0 unspecified atom stereocenters. The second-order valence-corrected chi connectivity index (χ2v) is 2.36. The van der Waals surface area contributed by atoms with Crippen molar-refractivity contribution in [3.8, 4) is 0 Å². The molecule has 0 spiro atoms. The monoisotopic (exact) mass is 182 g/mol. The minimum atomic E-state index is -1.79. The third kappa shape index (κ3) is 2.84. The number of aliphatic hydroxyl groups is 5. The van der Waals surface area contributed by atoms with E-state index in [9.17, 15) is 4.79 Å². The number of carbonyl (C=O) groups is 1. The molecule has 0 aromatic heterocycles. The minimum Gasteiger partial charge on any atom is -0.394 e. The second kappa shape index (κ2) is 5.18. The molecule has 0 radical (unpaired) electrons. The van der Waals surface area contributed by atoms with Crippen molar-refractivity contribution >= 4 is 6.29 Å². The molecule has 0 aliphatic heterocycles. The van der Waals surface area contributed by atoms with E-state index in [2.05, 4.69) is 0 Å². The maximum Gasteiger partial charge on any atom is 0.151 e. The lowest BCUT2D eigenvalue weighted by Crippen LogP contribution is -2.46. The van der Waals surface area contributed by atoms with Crippen molar-refractivity contribution < 1.29 is 30.3 Å². The zero-order valence-electron chi connectivity index (χ0n) is 6.24. The summed E-state index contributed by atoms with van der Waals surface area (Å²) in [5.41, 5.74) is 0. The summed E-state index contributed by atoms with van der Waals surface area (Å²) < 4.78 is 0. The van der Waals surface area contributed by atoms with Crippen molar-refractivity contribution in [1.82, 2.24) is 0 Å². The third-order valence-corrected chi connectivity index (χ3v) is 1.42. The Balaban J connectivity index is 4.07. The SMILES string of the molecule is O=C[14C@H](O)[C@@H](O)[C@H](O)[C@H](O)CO. The maximum absolute atomic E-state index is 9.90. The molecule has 0 aliphatic rings. The number of hydrogen-bond donors (Lipinski definition) is 5. The topological polar surface area (TPSA) is 118 Å². The van der Waals surface area contributed by atoms with E-state index in [1.807, 2.05) is 0 Å². The zero-order valence-corrected chi connectivity index (χ0v) is 6.24. The van der Waals surface area contributed by atoms with Crippen molar-refractivity contribution in [3.63, 3.8) is 0 Å². The van der Waals surface area contributed by atoms with Crippen LogP contribution in [-0.4, -0.2) is 62.8 Å². The van der Waals surface area contributed by atoms with Gasteiger partial charge in [0.05, 0.1) is 6.61 Å². The second-order valence-electron chi connectivity index (χ2n) is 2.36. The van der Waals surface area contributed by atoms with Crippen LogP contribution in [0.3, 0.4) is 0 Å². The fraction of sp³-hybridized carbons (Fsp3) is 0.833. The molecule has 0 aromatic carbocycles. The van der Waals surface area contributed by atoms with Crippen LogP contribution in [0.25, 0.3) is 0 Å². The Hall–Kier alpha value is -0.530. The van der Waals surface area contributed by atoms with E-state index >= 15 is 0 Å². The molecular weight excluding hydrogens is 170 g/mol. The molecule has 0 saturated heterocycles. The predicted octanol–water partition coefficient (Wildman–Crippen LogP) is -3.38. The van der Waals surface area contributed by atoms with Gasteiger partial charge in [0, 0.05) is 0 Å². The van der Waals surface area contributed by atoms with Crippen LogP contribution < -0.4 is 0 Å². The predicted molar refractivity (Wildman–Crippen MR) is 37.2 cm³/mol. The maximum atomic E-state index is 9.90. The molecule has 0 heterocycles. The van der Waals surface area contributed by atoms with Gasteiger partial charge in [0.1, 0.15) is 24.4 Å². The number of hydrogen-bond acceptors (Lipinski definition) is 6. The molecule has 0 rings (SSSR count). The van der Waals surface area contributed by atoms with Crippen molar-refractivity contribution in [2.75, 3.05) is 6.61 Å². The molecule has 0 fully saturated rings. The van der Waals surface area contributed by atoms with Gasteiger partial charge in [-0.3, -0.25) is 0 Å². The van der Waals surface area contributed by atoms with Crippen LogP contribution in [-0.2, 0) is 4.79 Å². The largest absolute Gasteiger partial charge is 0.394 e. The van der Waals surface area contributed by atoms with Gasteiger partial charge in [-0.25, -0.2) is 0 Å². The zero-order chi connectivity index (χ0) is 9.72. The van der Waals surface area contributed by atoms with Gasteiger partial charge in [0.15, 0.2) is 6.29 Å². The summed E-state index contributed by atoms with van der Waals surface area (Å²) >= 11 is 0. The minimum absolute atomic E-state index is 0.0258. The van der Waals surface area contributed by atoms with Gasteiger partial charge in [0.25, 0.3) is 0 Å². The van der Waals surface area contributed by atoms with Crippen molar-refractivity contribution in [2.45, 2.75) is 24.4 Å². The van der Waals surface area contributed by atoms with Gasteiger partial charge in [-0.15, -0.1) is 0 Å². The Morgan fingerprint density at radius 2 is 1.83 bits per heavy atom. The van der Waals surface area contributed by atoms with Crippen LogP contribution in [0, 0.1) is 0 Å². The quantitative estimate of drug-likeness (QED) is 0.283. The summed E-state index contributed by atoms with van der Waals surface area (Å²) in [6.07, 6.45) is -6.84. The highest BCUT2D eigenvalue weighted by molar-refractivity contribution is 5.56. The highest BCUT2D eigenvalue weighted by atomic mass is 16.5. The molecule has 0 aromatic rings. The third-order valence-electron chi connectivity index (χ3n) is 1.42. The molecule has 0 bridgehead atoms. The van der Waals surface area contributed by atoms with E-state index in [4.69, 9.17) is 25.5 Å². The van der Waals surface area contributed by atoms with E-state index in [0.717, 1.165) is 0 Å². The number of rotatable bonds is 5. The van der Waals surface area contributed by atoms with Crippen LogP contribution in [0.15, 0.2) is 0 Å². The van der Waals surface area contributed by atoms with Crippen LogP contribution in [0.1, 0.15) is 0 Å². The first-order valence-corrected chi connectivity index (χ1v) is 3.33. The van der Waals surface area contributed by atoms with E-state index in [1.54, 1.807) is 0 Å². The number of aliphatic hydroxyl groups excluding tert-OH is 5. The average Bonchev–Trinajstić information content (AvgIpc) is 2.12. The van der Waals surface area contributed by atoms with Gasteiger partial charge < -0.3 is 30.3 Å². The Labute approximate surface area is 68.7 Å². The molecule has 0 aliphatic carbocycles. The summed E-state index contributed by atoms with van der Waals surface area (Å²) in [6, 6.07) is 0. The lowest BCUT2D eigenvalue weighted by Gasteiger charge is -2.22. The molecule has 6 nitrogen and oxygen atoms in total. The smallest absolute Gasteiger partial charge is 0.151 e. The van der Waals surface area contributed by atoms with Gasteiger partial charge in [-0.2, -0.15) is 0 Å². The first kappa shape index (κ1) is 11.5. The Kier molecular flexibility index (Phi) is 4.95. The van der Waals surface area contributed by atoms with Crippen molar-refractivity contribution in [3.05, 3.63) is 0 Å². The summed E-state index contributed by atoms with van der Waals surface area (Å²) in [5, 5.41) is 43.5. The van der Waals surface area contributed by atoms with E-state index < -0.39 is 31.0 Å². The molecule has 0 saturated carbocycles. The highest BCUT2D eigenvalue weighted by Gasteiger charge is 2.29. The van der Waals surface area contributed by atoms with E-state index in [1.165, 1.54) is 0 Å². The number of aldehydes is 1. The highest BCUT2D eigenvalue weighted by Crippen LogP contribution is 2.02. The van der Waals surface area contributed by atoms with Gasteiger partial charge in [0.2, 0.25) is 0 Å². The Morgan fingerprint density at radius 3 is 2.17 bits per heavy atom. The van der Waals surface area contributed by atoms with Gasteiger partial charge in [-0.05, 0) is 0 Å². The Bertz CT molecular complexity index is 138. The molecule has 4 atom stereocenters. The van der Waals surface area contributed by atoms with Gasteiger partial charge >= 0.3 is 0 Å². The lowest BCUT2D eigenvalue weighted by molar-refractivity contribution is -0.136. The summed E-state index contributed by atoms with van der Waals surface area (Å²) in [4.78, 5) is 9.90. The first-order chi connectivity index (χ1) is 5.54.